The lowest BCUT2D eigenvalue weighted by Crippen LogP contribution is -2.21. The van der Waals surface area contributed by atoms with Crippen molar-refractivity contribution in [3.8, 4) is 10.6 Å². The zero-order chi connectivity index (χ0) is 15.7. The van der Waals surface area contributed by atoms with Crippen LogP contribution in [0.2, 0.25) is 0 Å². The number of nitrogens with zero attached hydrogens (tertiary/aromatic N) is 5. The molecule has 0 aromatic carbocycles. The van der Waals surface area contributed by atoms with Gasteiger partial charge in [0.15, 0.2) is 11.5 Å². The number of carboxylic acid groups (broad SMARTS) is 1. The second kappa shape index (κ2) is 5.68. The van der Waals surface area contributed by atoms with Crippen LogP contribution in [-0.4, -0.2) is 35.4 Å². The molecule has 0 saturated heterocycles. The van der Waals surface area contributed by atoms with E-state index < -0.39 is 6.09 Å². The lowest BCUT2D eigenvalue weighted by molar-refractivity contribution is 0.193. The first-order valence-corrected chi connectivity index (χ1v) is 7.47. The van der Waals surface area contributed by atoms with Crippen LogP contribution in [0.1, 0.15) is 31.3 Å². The van der Waals surface area contributed by atoms with Crippen LogP contribution in [0.4, 0.5) is 4.79 Å². The zero-order valence-corrected chi connectivity index (χ0v) is 12.8. The maximum atomic E-state index is 10.6. The Hall–Kier alpha value is -2.55. The van der Waals surface area contributed by atoms with Crippen LogP contribution in [0.3, 0.4) is 0 Å². The van der Waals surface area contributed by atoms with Crippen molar-refractivity contribution >= 4 is 23.3 Å². The lowest BCUT2D eigenvalue weighted by atomic mass is 10.1. The standard InChI is InChI=1S/C13H14N6O2S/c1-7(2)9-5-10(22-18-9)8-3-4-11-15-16-12(19(11)17-8)6-14-13(20)21/h3-5,7,14H,6H2,1-2H3,(H,20,21). The topological polar surface area (TPSA) is 105 Å². The third-order valence-electron chi connectivity index (χ3n) is 3.10. The van der Waals surface area contributed by atoms with Crippen LogP contribution >= 0.6 is 11.5 Å². The predicted octanol–water partition coefficient (Wildman–Crippen LogP) is 2.14. The van der Waals surface area contributed by atoms with Crippen molar-refractivity contribution < 1.29 is 9.90 Å². The minimum atomic E-state index is -1.11. The van der Waals surface area contributed by atoms with E-state index in [1.54, 1.807) is 10.6 Å². The lowest BCUT2D eigenvalue weighted by Gasteiger charge is -2.01. The first kappa shape index (κ1) is 14.4. The highest BCUT2D eigenvalue weighted by molar-refractivity contribution is 7.09. The molecular formula is C13H14N6O2S. The third kappa shape index (κ3) is 2.75. The molecule has 0 aliphatic carbocycles. The second-order valence-electron chi connectivity index (χ2n) is 5.03. The van der Waals surface area contributed by atoms with Crippen LogP contribution in [0.15, 0.2) is 18.2 Å². The number of carbonyl (C=O) groups is 1. The van der Waals surface area contributed by atoms with Crippen molar-refractivity contribution in [2.24, 2.45) is 0 Å². The van der Waals surface area contributed by atoms with Gasteiger partial charge in [-0.15, -0.1) is 10.2 Å². The molecule has 3 heterocycles. The Bertz CT molecular complexity index is 825. The highest BCUT2D eigenvalue weighted by Crippen LogP contribution is 2.26. The van der Waals surface area contributed by atoms with Crippen molar-refractivity contribution in [3.63, 3.8) is 0 Å². The van der Waals surface area contributed by atoms with Gasteiger partial charge in [-0.1, -0.05) is 13.8 Å². The fourth-order valence-electron chi connectivity index (χ4n) is 1.91. The summed E-state index contributed by atoms with van der Waals surface area (Å²) < 4.78 is 5.95. The van der Waals surface area contributed by atoms with Gasteiger partial charge in [-0.25, -0.2) is 4.79 Å². The summed E-state index contributed by atoms with van der Waals surface area (Å²) in [7, 11) is 0. The molecule has 0 bridgehead atoms. The summed E-state index contributed by atoms with van der Waals surface area (Å²) in [6.45, 7) is 4.22. The summed E-state index contributed by atoms with van der Waals surface area (Å²) in [5, 5.41) is 23.3. The van der Waals surface area contributed by atoms with Crippen LogP contribution in [0, 0.1) is 0 Å². The first-order chi connectivity index (χ1) is 10.5. The molecule has 0 aliphatic heterocycles. The largest absolute Gasteiger partial charge is 0.465 e. The molecule has 3 aromatic heterocycles. The molecule has 0 atom stereocenters. The number of amides is 1. The van der Waals surface area contributed by atoms with Crippen LogP contribution < -0.4 is 5.32 Å². The van der Waals surface area contributed by atoms with E-state index in [1.165, 1.54) is 11.5 Å². The molecule has 2 N–H and O–H groups in total. The molecule has 114 valence electrons. The average molecular weight is 318 g/mol. The summed E-state index contributed by atoms with van der Waals surface area (Å²) in [5.41, 5.74) is 2.35. The van der Waals surface area contributed by atoms with Crippen LogP contribution in [-0.2, 0) is 6.54 Å². The van der Waals surface area contributed by atoms with E-state index in [0.29, 0.717) is 17.4 Å². The Labute approximate surface area is 130 Å². The Morgan fingerprint density at radius 2 is 2.23 bits per heavy atom. The van der Waals surface area contributed by atoms with E-state index in [9.17, 15) is 4.79 Å². The smallest absolute Gasteiger partial charge is 0.405 e. The third-order valence-corrected chi connectivity index (χ3v) is 3.92. The Morgan fingerprint density at radius 3 is 2.91 bits per heavy atom. The molecule has 3 rings (SSSR count). The van der Waals surface area contributed by atoms with E-state index in [4.69, 9.17) is 5.11 Å². The molecule has 0 spiro atoms. The minimum absolute atomic E-state index is 0.0485. The second-order valence-corrected chi connectivity index (χ2v) is 5.84. The molecule has 22 heavy (non-hydrogen) atoms. The van der Waals surface area contributed by atoms with E-state index >= 15 is 0 Å². The molecule has 0 unspecified atom stereocenters. The van der Waals surface area contributed by atoms with Gasteiger partial charge in [-0.2, -0.15) is 14.0 Å². The molecule has 9 heteroatoms. The summed E-state index contributed by atoms with van der Waals surface area (Å²) in [5.74, 6) is 0.798. The number of aromatic nitrogens is 5. The quantitative estimate of drug-likeness (QED) is 0.763. The van der Waals surface area contributed by atoms with Crippen molar-refractivity contribution in [2.75, 3.05) is 0 Å². The fraction of sp³-hybridized carbons (Fsp3) is 0.308. The monoisotopic (exact) mass is 318 g/mol. The normalized spacial score (nSPS) is 11.2. The maximum Gasteiger partial charge on any atom is 0.405 e. The number of fused-ring (bicyclic) bond motifs is 1. The van der Waals surface area contributed by atoms with Gasteiger partial charge in [0.05, 0.1) is 17.1 Å². The van der Waals surface area contributed by atoms with Gasteiger partial charge in [0.25, 0.3) is 0 Å². The van der Waals surface area contributed by atoms with Crippen molar-refractivity contribution in [1.29, 1.82) is 0 Å². The number of hydrogen-bond acceptors (Lipinski definition) is 6. The van der Waals surface area contributed by atoms with Gasteiger partial charge in [0, 0.05) is 0 Å². The summed E-state index contributed by atoms with van der Waals surface area (Å²) in [6, 6.07) is 5.67. The van der Waals surface area contributed by atoms with Crippen molar-refractivity contribution in [2.45, 2.75) is 26.3 Å². The zero-order valence-electron chi connectivity index (χ0n) is 12.0. The highest BCUT2D eigenvalue weighted by atomic mass is 32.1. The van der Waals surface area contributed by atoms with Crippen LogP contribution in [0.5, 0.6) is 0 Å². The molecule has 1 amide bonds. The molecular weight excluding hydrogens is 304 g/mol. The van der Waals surface area contributed by atoms with Crippen molar-refractivity contribution in [3.05, 3.63) is 29.7 Å². The maximum absolute atomic E-state index is 10.6. The van der Waals surface area contributed by atoms with Crippen molar-refractivity contribution in [1.82, 2.24) is 29.5 Å². The minimum Gasteiger partial charge on any atom is -0.465 e. The Morgan fingerprint density at radius 1 is 1.41 bits per heavy atom. The molecule has 8 nitrogen and oxygen atoms in total. The molecule has 3 aromatic rings. The molecule has 0 saturated carbocycles. The molecule has 0 radical (unpaired) electrons. The first-order valence-electron chi connectivity index (χ1n) is 6.69. The fourth-order valence-corrected chi connectivity index (χ4v) is 2.75. The van der Waals surface area contributed by atoms with Gasteiger partial charge in [0.2, 0.25) is 0 Å². The summed E-state index contributed by atoms with van der Waals surface area (Å²) in [6.07, 6.45) is -1.11. The molecule has 0 aliphatic rings. The van der Waals surface area contributed by atoms with E-state index in [2.05, 4.69) is 38.8 Å². The van der Waals surface area contributed by atoms with Gasteiger partial charge < -0.3 is 10.4 Å². The van der Waals surface area contributed by atoms with Crippen LogP contribution in [0.25, 0.3) is 16.2 Å². The summed E-state index contributed by atoms with van der Waals surface area (Å²) >= 11 is 1.39. The van der Waals surface area contributed by atoms with Gasteiger partial charge in [-0.3, -0.25) is 0 Å². The van der Waals surface area contributed by atoms with Gasteiger partial charge in [-0.05, 0) is 35.6 Å². The Balaban J connectivity index is 1.96. The Kier molecular flexibility index (Phi) is 3.72. The average Bonchev–Trinajstić information content (AvgIpc) is 3.11. The number of hydrogen-bond donors (Lipinski definition) is 2. The number of nitrogens with one attached hydrogen (secondary N) is 1. The van der Waals surface area contributed by atoms with E-state index in [0.717, 1.165) is 16.3 Å². The van der Waals surface area contributed by atoms with Gasteiger partial charge in [0.1, 0.15) is 5.69 Å². The molecule has 0 fully saturated rings. The SMILES string of the molecule is CC(C)c1cc(-c2ccc3nnc(CNC(=O)O)n3n2)sn1. The highest BCUT2D eigenvalue weighted by Gasteiger charge is 2.12. The van der Waals surface area contributed by atoms with E-state index in [1.807, 2.05) is 12.1 Å². The number of rotatable bonds is 4. The summed E-state index contributed by atoms with van der Waals surface area (Å²) in [4.78, 5) is 11.5. The predicted molar refractivity (Wildman–Crippen MR) is 80.8 cm³/mol. The van der Waals surface area contributed by atoms with E-state index in [-0.39, 0.29) is 6.54 Å². The van der Waals surface area contributed by atoms with Gasteiger partial charge >= 0.3 is 6.09 Å².